The monoisotopic (exact) mass is 322 g/mol. The Hall–Kier alpha value is -1.88. The van der Waals surface area contributed by atoms with E-state index in [2.05, 4.69) is 11.9 Å². The van der Waals surface area contributed by atoms with E-state index in [4.69, 9.17) is 11.6 Å². The van der Waals surface area contributed by atoms with Gasteiger partial charge < -0.3 is 4.98 Å². The molecule has 2 rings (SSSR count). The summed E-state index contributed by atoms with van der Waals surface area (Å²) in [6.45, 7) is 2.16. The van der Waals surface area contributed by atoms with Crippen molar-refractivity contribution in [2.75, 3.05) is 0 Å². The summed E-state index contributed by atoms with van der Waals surface area (Å²) in [5.41, 5.74) is 0.845. The molecule has 0 aliphatic rings. The smallest absolute Gasteiger partial charge is 0.270 e. The zero-order valence-corrected chi connectivity index (χ0v) is 13.3. The Morgan fingerprint density at radius 2 is 1.95 bits per heavy atom. The van der Waals surface area contributed by atoms with Gasteiger partial charge in [-0.3, -0.25) is 14.9 Å². The lowest BCUT2D eigenvalue weighted by Gasteiger charge is -2.07. The third-order valence-electron chi connectivity index (χ3n) is 3.74. The summed E-state index contributed by atoms with van der Waals surface area (Å²) in [5, 5.41) is 11.2. The minimum atomic E-state index is -0.519. The number of nitrogens with zero attached hydrogens (tertiary/aromatic N) is 1. The van der Waals surface area contributed by atoms with Gasteiger partial charge in [0.2, 0.25) is 5.43 Å². The van der Waals surface area contributed by atoms with Crippen LogP contribution < -0.4 is 5.43 Å². The van der Waals surface area contributed by atoms with Crippen LogP contribution in [-0.2, 0) is 6.42 Å². The van der Waals surface area contributed by atoms with E-state index in [9.17, 15) is 14.9 Å². The van der Waals surface area contributed by atoms with Gasteiger partial charge in [0.25, 0.3) is 5.69 Å². The summed E-state index contributed by atoms with van der Waals surface area (Å²) in [4.78, 5) is 25.7. The Labute approximate surface area is 133 Å². The van der Waals surface area contributed by atoms with Gasteiger partial charge in [0.15, 0.2) is 0 Å². The number of rotatable bonds is 7. The molecule has 5 nitrogen and oxygen atoms in total. The van der Waals surface area contributed by atoms with E-state index in [0.717, 1.165) is 12.8 Å². The quantitative estimate of drug-likeness (QED) is 0.459. The van der Waals surface area contributed by atoms with Gasteiger partial charge in [-0.05, 0) is 18.9 Å². The second-order valence-corrected chi connectivity index (χ2v) is 5.78. The highest BCUT2D eigenvalue weighted by Crippen LogP contribution is 2.21. The third-order valence-corrected chi connectivity index (χ3v) is 4.14. The second kappa shape index (κ2) is 7.40. The summed E-state index contributed by atoms with van der Waals surface area (Å²) < 4.78 is 0. The topological polar surface area (TPSA) is 76.0 Å². The van der Waals surface area contributed by atoms with Crippen molar-refractivity contribution >= 4 is 28.2 Å². The van der Waals surface area contributed by atoms with E-state index in [1.165, 1.54) is 31.4 Å². The van der Waals surface area contributed by atoms with Crippen molar-refractivity contribution in [3.8, 4) is 0 Å². The van der Waals surface area contributed by atoms with Crippen LogP contribution in [0.5, 0.6) is 0 Å². The number of H-pyrrole nitrogens is 1. The van der Waals surface area contributed by atoms with Gasteiger partial charge in [-0.2, -0.15) is 0 Å². The van der Waals surface area contributed by atoms with Crippen LogP contribution in [0.2, 0.25) is 5.02 Å². The Kier molecular flexibility index (Phi) is 5.55. The molecule has 0 unspecified atom stereocenters. The number of aromatic amines is 1. The summed E-state index contributed by atoms with van der Waals surface area (Å²) in [5.74, 6) is 0. The fraction of sp³-hybridized carbons (Fsp3) is 0.438. The fourth-order valence-corrected chi connectivity index (χ4v) is 2.74. The maximum Gasteiger partial charge on any atom is 0.270 e. The number of nitro groups is 1. The third kappa shape index (κ3) is 3.65. The Bertz CT molecular complexity index is 740. The van der Waals surface area contributed by atoms with E-state index < -0.39 is 4.92 Å². The van der Waals surface area contributed by atoms with Gasteiger partial charge in [0.1, 0.15) is 5.02 Å². The van der Waals surface area contributed by atoms with Crippen LogP contribution in [0.25, 0.3) is 10.9 Å². The van der Waals surface area contributed by atoms with Crippen LogP contribution >= 0.6 is 11.6 Å². The molecule has 1 heterocycles. The average molecular weight is 323 g/mol. The van der Waals surface area contributed by atoms with E-state index >= 15 is 0 Å². The molecule has 0 aliphatic carbocycles. The molecule has 0 amide bonds. The molecule has 0 spiro atoms. The van der Waals surface area contributed by atoms with Gasteiger partial charge in [-0.15, -0.1) is 0 Å². The number of aryl methyl sites for hydroxylation is 1. The average Bonchev–Trinajstić information content (AvgIpc) is 2.51. The number of hydrogen-bond donors (Lipinski definition) is 1. The van der Waals surface area contributed by atoms with Crippen molar-refractivity contribution in [2.45, 2.75) is 45.4 Å². The number of nitro benzene ring substituents is 1. The number of non-ortho nitro benzene ring substituents is 1. The lowest BCUT2D eigenvalue weighted by Crippen LogP contribution is -2.09. The first-order valence-corrected chi connectivity index (χ1v) is 7.91. The number of aromatic nitrogens is 1. The van der Waals surface area contributed by atoms with Crippen molar-refractivity contribution in [1.82, 2.24) is 4.98 Å². The van der Waals surface area contributed by atoms with Crippen LogP contribution in [0.15, 0.2) is 23.0 Å². The number of hydrogen-bond acceptors (Lipinski definition) is 3. The SMILES string of the molecule is CCCCCCCc1[nH]c2ccc([N+](=O)[O-])cc2c(=O)c1Cl. The van der Waals surface area contributed by atoms with Crippen LogP contribution in [0.3, 0.4) is 0 Å². The molecule has 6 heteroatoms. The molecule has 118 valence electrons. The minimum absolute atomic E-state index is 0.110. The normalized spacial score (nSPS) is 11.0. The number of nitrogens with one attached hydrogen (secondary N) is 1. The Morgan fingerprint density at radius 1 is 1.23 bits per heavy atom. The van der Waals surface area contributed by atoms with Crippen LogP contribution in [-0.4, -0.2) is 9.91 Å². The maximum atomic E-state index is 12.3. The lowest BCUT2D eigenvalue weighted by molar-refractivity contribution is -0.384. The van der Waals surface area contributed by atoms with Gasteiger partial charge in [0.05, 0.1) is 15.8 Å². The molecule has 1 aromatic heterocycles. The van der Waals surface area contributed by atoms with Crippen molar-refractivity contribution in [1.29, 1.82) is 0 Å². The predicted octanol–water partition coefficient (Wildman–Crippen LogP) is 4.60. The molecule has 2 aromatic rings. The summed E-state index contributed by atoms with van der Waals surface area (Å²) in [7, 11) is 0. The molecular weight excluding hydrogens is 304 g/mol. The molecule has 0 radical (unpaired) electrons. The molecule has 0 saturated carbocycles. The summed E-state index contributed by atoms with van der Waals surface area (Å²) in [6.07, 6.45) is 6.36. The zero-order valence-electron chi connectivity index (χ0n) is 12.5. The first kappa shape index (κ1) is 16.5. The van der Waals surface area contributed by atoms with E-state index in [-0.39, 0.29) is 21.5 Å². The van der Waals surface area contributed by atoms with Crippen LogP contribution in [0.1, 0.15) is 44.7 Å². The number of halogens is 1. The van der Waals surface area contributed by atoms with Crippen LogP contribution in [0.4, 0.5) is 5.69 Å². The molecule has 0 bridgehead atoms. The van der Waals surface area contributed by atoms with Gasteiger partial charge >= 0.3 is 0 Å². The fourth-order valence-electron chi connectivity index (χ4n) is 2.49. The molecular formula is C16H19ClN2O3. The predicted molar refractivity (Wildman–Crippen MR) is 88.7 cm³/mol. The minimum Gasteiger partial charge on any atom is -0.357 e. The maximum absolute atomic E-state index is 12.3. The molecule has 1 N–H and O–H groups in total. The van der Waals surface area contributed by atoms with Gasteiger partial charge in [0, 0.05) is 17.8 Å². The molecule has 0 saturated heterocycles. The van der Waals surface area contributed by atoms with Crippen molar-refractivity contribution < 1.29 is 4.92 Å². The van der Waals surface area contributed by atoms with Crippen molar-refractivity contribution in [3.05, 3.63) is 49.3 Å². The Morgan fingerprint density at radius 3 is 2.64 bits per heavy atom. The summed E-state index contributed by atoms with van der Waals surface area (Å²) in [6, 6.07) is 4.22. The highest BCUT2D eigenvalue weighted by molar-refractivity contribution is 6.31. The highest BCUT2D eigenvalue weighted by atomic mass is 35.5. The highest BCUT2D eigenvalue weighted by Gasteiger charge is 2.13. The molecule has 1 aromatic carbocycles. The number of unbranched alkanes of at least 4 members (excludes halogenated alkanes) is 4. The molecule has 0 fully saturated rings. The zero-order chi connectivity index (χ0) is 16.1. The molecule has 0 atom stereocenters. The molecule has 0 aliphatic heterocycles. The van der Waals surface area contributed by atoms with E-state index in [0.29, 0.717) is 17.6 Å². The summed E-state index contributed by atoms with van der Waals surface area (Å²) >= 11 is 6.13. The lowest BCUT2D eigenvalue weighted by atomic mass is 10.1. The number of benzene rings is 1. The number of pyridine rings is 1. The Balaban J connectivity index is 2.26. The van der Waals surface area contributed by atoms with E-state index in [1.54, 1.807) is 6.07 Å². The largest absolute Gasteiger partial charge is 0.357 e. The second-order valence-electron chi connectivity index (χ2n) is 5.40. The van der Waals surface area contributed by atoms with Crippen molar-refractivity contribution in [2.24, 2.45) is 0 Å². The standard InChI is InChI=1S/C16H19ClN2O3/c1-2-3-4-5-6-7-14-15(17)16(20)12-10-11(19(21)22)8-9-13(12)18-14/h8-10H,2-7H2,1H3,(H,18,20). The number of fused-ring (bicyclic) bond motifs is 1. The molecule has 22 heavy (non-hydrogen) atoms. The first-order valence-electron chi connectivity index (χ1n) is 7.53. The van der Waals surface area contributed by atoms with Crippen molar-refractivity contribution in [3.63, 3.8) is 0 Å². The van der Waals surface area contributed by atoms with Crippen LogP contribution in [0, 0.1) is 10.1 Å². The van der Waals surface area contributed by atoms with Gasteiger partial charge in [-0.25, -0.2) is 0 Å². The van der Waals surface area contributed by atoms with Gasteiger partial charge in [-0.1, -0.05) is 44.2 Å². The van der Waals surface area contributed by atoms with E-state index in [1.807, 2.05) is 0 Å². The first-order chi connectivity index (χ1) is 10.5.